The van der Waals surface area contributed by atoms with Crippen LogP contribution in [-0.4, -0.2) is 24.7 Å². The zero-order valence-corrected chi connectivity index (χ0v) is 6.60. The Bertz CT molecular complexity index is 278. The molecule has 0 fully saturated rings. The first-order valence-electron chi connectivity index (χ1n) is 4.00. The molecule has 0 spiro atoms. The third-order valence-corrected chi connectivity index (χ3v) is 2.02. The molecule has 0 aromatic rings. The number of carbonyl (C=O) groups excluding carboxylic acids is 1. The van der Waals surface area contributed by atoms with E-state index < -0.39 is 0 Å². The molecule has 3 nitrogen and oxygen atoms in total. The second kappa shape index (κ2) is 2.93. The van der Waals surface area contributed by atoms with E-state index in [2.05, 4.69) is 10.3 Å². The molecule has 1 amide bonds. The predicted molar refractivity (Wildman–Crippen MR) is 47.1 cm³/mol. The second-order valence-corrected chi connectivity index (χ2v) is 2.93. The van der Waals surface area contributed by atoms with Crippen LogP contribution in [-0.2, 0) is 4.79 Å². The van der Waals surface area contributed by atoms with E-state index in [9.17, 15) is 4.79 Å². The van der Waals surface area contributed by atoms with E-state index in [0.717, 1.165) is 0 Å². The van der Waals surface area contributed by atoms with E-state index in [-0.39, 0.29) is 24.4 Å². The van der Waals surface area contributed by atoms with Crippen LogP contribution < -0.4 is 5.32 Å². The average molecular weight is 162 g/mol. The number of aliphatic imine (C=N–C) groups is 1. The molecule has 2 unspecified atom stereocenters. The van der Waals surface area contributed by atoms with Crippen molar-refractivity contribution in [1.29, 1.82) is 0 Å². The van der Waals surface area contributed by atoms with Crippen LogP contribution in [0.25, 0.3) is 0 Å². The topological polar surface area (TPSA) is 41.5 Å². The minimum atomic E-state index is -0.00120. The Hall–Kier alpha value is -1.38. The molecule has 2 aliphatic rings. The largest absolute Gasteiger partial charge is 0.347 e. The zero-order chi connectivity index (χ0) is 8.39. The van der Waals surface area contributed by atoms with Crippen molar-refractivity contribution in [2.45, 2.75) is 6.04 Å². The summed E-state index contributed by atoms with van der Waals surface area (Å²) in [5, 5.41) is 2.88. The first-order chi connectivity index (χ1) is 5.86. The fourth-order valence-corrected chi connectivity index (χ4v) is 1.40. The van der Waals surface area contributed by atoms with Crippen molar-refractivity contribution >= 4 is 12.1 Å². The molecule has 1 N–H and O–H groups in total. The van der Waals surface area contributed by atoms with E-state index in [1.807, 2.05) is 30.5 Å². The maximum atomic E-state index is 11.1. The molecule has 0 aromatic heterocycles. The Balaban J connectivity index is 2.21. The van der Waals surface area contributed by atoms with Crippen LogP contribution in [0.15, 0.2) is 29.3 Å². The van der Waals surface area contributed by atoms with Crippen molar-refractivity contribution in [2.75, 3.05) is 6.54 Å². The van der Waals surface area contributed by atoms with Crippen molar-refractivity contribution in [3.63, 3.8) is 0 Å². The van der Waals surface area contributed by atoms with Gasteiger partial charge in [0.25, 0.3) is 0 Å². The number of hydrogen-bond acceptors (Lipinski definition) is 2. The molecule has 0 saturated heterocycles. The summed E-state index contributed by atoms with van der Waals surface area (Å²) in [7, 11) is 0. The zero-order valence-electron chi connectivity index (χ0n) is 6.60. The molecule has 1 aliphatic carbocycles. The predicted octanol–water partition coefficient (Wildman–Crippen LogP) is 0.298. The van der Waals surface area contributed by atoms with Gasteiger partial charge in [-0.15, -0.1) is 0 Å². The van der Waals surface area contributed by atoms with Gasteiger partial charge in [0.1, 0.15) is 6.54 Å². The van der Waals surface area contributed by atoms with E-state index in [1.165, 1.54) is 0 Å². The lowest BCUT2D eigenvalue weighted by Gasteiger charge is -2.19. The van der Waals surface area contributed by atoms with E-state index in [0.29, 0.717) is 0 Å². The molecule has 1 heterocycles. The van der Waals surface area contributed by atoms with Crippen molar-refractivity contribution in [3.8, 4) is 0 Å². The molecule has 2 rings (SSSR count). The summed E-state index contributed by atoms with van der Waals surface area (Å²) in [6.07, 6.45) is 9.79. The van der Waals surface area contributed by atoms with Gasteiger partial charge in [-0.05, 0) is 0 Å². The number of fused-ring (bicyclic) bond motifs is 1. The van der Waals surface area contributed by atoms with Gasteiger partial charge in [-0.3, -0.25) is 9.79 Å². The number of nitrogens with one attached hydrogen (secondary N) is 1. The molecular weight excluding hydrogens is 152 g/mol. The molecule has 12 heavy (non-hydrogen) atoms. The lowest BCUT2D eigenvalue weighted by atomic mass is 9.97. The summed E-state index contributed by atoms with van der Waals surface area (Å²) in [6, 6.07) is 0.105. The Morgan fingerprint density at radius 2 is 2.25 bits per heavy atom. The van der Waals surface area contributed by atoms with Crippen molar-refractivity contribution in [2.24, 2.45) is 10.9 Å². The lowest BCUT2D eigenvalue weighted by Crippen LogP contribution is -2.38. The van der Waals surface area contributed by atoms with E-state index >= 15 is 0 Å². The Kier molecular flexibility index (Phi) is 1.78. The smallest absolute Gasteiger partial charge is 0.242 e. The number of hydrogen-bond donors (Lipinski definition) is 1. The number of amides is 1. The molecular formula is C9H10N2O. The van der Waals surface area contributed by atoms with Gasteiger partial charge < -0.3 is 5.32 Å². The number of allylic oxidation sites excluding steroid dienone is 2. The summed E-state index contributed by atoms with van der Waals surface area (Å²) < 4.78 is 0. The van der Waals surface area contributed by atoms with Gasteiger partial charge in [0.2, 0.25) is 5.91 Å². The van der Waals surface area contributed by atoms with Gasteiger partial charge in [-0.2, -0.15) is 0 Å². The highest BCUT2D eigenvalue weighted by Crippen LogP contribution is 2.12. The molecule has 2 atom stereocenters. The third-order valence-electron chi connectivity index (χ3n) is 2.02. The minimum Gasteiger partial charge on any atom is -0.347 e. The Morgan fingerprint density at radius 3 is 3.17 bits per heavy atom. The van der Waals surface area contributed by atoms with E-state index in [1.54, 1.807) is 0 Å². The molecule has 62 valence electrons. The highest BCUT2D eigenvalue weighted by molar-refractivity contribution is 5.83. The third kappa shape index (κ3) is 1.30. The van der Waals surface area contributed by atoms with Crippen LogP contribution in [0.3, 0.4) is 0 Å². The lowest BCUT2D eigenvalue weighted by molar-refractivity contribution is -0.120. The maximum absolute atomic E-state index is 11.1. The average Bonchev–Trinajstić information content (AvgIpc) is 2.25. The van der Waals surface area contributed by atoms with E-state index in [4.69, 9.17) is 0 Å². The van der Waals surface area contributed by atoms with Crippen molar-refractivity contribution in [3.05, 3.63) is 24.3 Å². The summed E-state index contributed by atoms with van der Waals surface area (Å²) in [4.78, 5) is 15.1. The molecule has 3 heteroatoms. The Morgan fingerprint density at radius 1 is 1.42 bits per heavy atom. The number of rotatable bonds is 0. The minimum absolute atomic E-state index is 0.00120. The SMILES string of the molecule is O=C1CN=CC2C=CC=CC2N1. The summed E-state index contributed by atoms with van der Waals surface area (Å²) >= 11 is 0. The monoisotopic (exact) mass is 162 g/mol. The molecule has 1 aliphatic heterocycles. The quantitative estimate of drug-likeness (QED) is 0.546. The first kappa shape index (κ1) is 7.28. The van der Waals surface area contributed by atoms with Crippen molar-refractivity contribution < 1.29 is 4.79 Å². The molecule has 0 radical (unpaired) electrons. The van der Waals surface area contributed by atoms with Gasteiger partial charge in [0.15, 0.2) is 0 Å². The van der Waals surface area contributed by atoms with Crippen LogP contribution in [0.2, 0.25) is 0 Å². The standard InChI is InChI=1S/C9H10N2O/c12-9-6-10-5-7-3-1-2-4-8(7)11-9/h1-5,7-8H,6H2,(H,11,12). The second-order valence-electron chi connectivity index (χ2n) is 2.93. The van der Waals surface area contributed by atoms with Crippen LogP contribution >= 0.6 is 0 Å². The van der Waals surface area contributed by atoms with Crippen molar-refractivity contribution in [1.82, 2.24) is 5.32 Å². The van der Waals surface area contributed by atoms with Gasteiger partial charge in [0.05, 0.1) is 6.04 Å². The van der Waals surface area contributed by atoms with Crippen LogP contribution in [0.5, 0.6) is 0 Å². The fourth-order valence-electron chi connectivity index (χ4n) is 1.40. The first-order valence-corrected chi connectivity index (χ1v) is 4.00. The molecule has 0 bridgehead atoms. The van der Waals surface area contributed by atoms with Gasteiger partial charge in [0, 0.05) is 12.1 Å². The fraction of sp³-hybridized carbons (Fsp3) is 0.333. The highest BCUT2D eigenvalue weighted by atomic mass is 16.1. The highest BCUT2D eigenvalue weighted by Gasteiger charge is 2.20. The normalized spacial score (nSPS) is 32.5. The number of carbonyl (C=O) groups is 1. The summed E-state index contributed by atoms with van der Waals surface area (Å²) in [5.74, 6) is 0.236. The van der Waals surface area contributed by atoms with Gasteiger partial charge in [-0.25, -0.2) is 0 Å². The Labute approximate surface area is 70.9 Å². The number of nitrogens with zero attached hydrogens (tertiary/aromatic N) is 1. The van der Waals surface area contributed by atoms with Gasteiger partial charge in [-0.1, -0.05) is 24.3 Å². The van der Waals surface area contributed by atoms with Crippen LogP contribution in [0.1, 0.15) is 0 Å². The summed E-state index contributed by atoms with van der Waals surface area (Å²) in [5.41, 5.74) is 0. The summed E-state index contributed by atoms with van der Waals surface area (Å²) in [6.45, 7) is 0.259. The van der Waals surface area contributed by atoms with Gasteiger partial charge >= 0.3 is 0 Å². The van der Waals surface area contributed by atoms with Crippen LogP contribution in [0, 0.1) is 5.92 Å². The molecule has 0 aromatic carbocycles. The molecule has 0 saturated carbocycles. The maximum Gasteiger partial charge on any atom is 0.242 e. The van der Waals surface area contributed by atoms with Crippen LogP contribution in [0.4, 0.5) is 0 Å².